The van der Waals surface area contributed by atoms with E-state index >= 15 is 0 Å². The van der Waals surface area contributed by atoms with Crippen LogP contribution in [0.5, 0.6) is 0 Å². The molecule has 0 radical (unpaired) electrons. The molecule has 0 saturated heterocycles. The number of likely N-dealkylation sites (N-methyl/N-ethyl adjacent to an activating group) is 1. The Morgan fingerprint density at radius 1 is 1.54 bits per heavy atom. The second-order valence-corrected chi connectivity index (χ2v) is 4.09. The van der Waals surface area contributed by atoms with Crippen LogP contribution in [-0.4, -0.2) is 30.0 Å². The number of carbonyl (C=O) groups is 1. The van der Waals surface area contributed by atoms with Gasteiger partial charge in [-0.3, -0.25) is 4.79 Å². The summed E-state index contributed by atoms with van der Waals surface area (Å²) in [6, 6.07) is -0.160. The van der Waals surface area contributed by atoms with Crippen LogP contribution >= 0.6 is 11.8 Å². The van der Waals surface area contributed by atoms with Crippen molar-refractivity contribution in [3.05, 3.63) is 0 Å². The highest BCUT2D eigenvalue weighted by molar-refractivity contribution is 7.99. The molecular weight excluding hydrogens is 184 g/mol. The zero-order chi connectivity index (χ0) is 10.1. The molecule has 0 aliphatic rings. The van der Waals surface area contributed by atoms with E-state index in [-0.39, 0.29) is 11.9 Å². The SMILES string of the molecule is CCCCSCC(NCC)C(N)=O. The molecule has 1 atom stereocenters. The topological polar surface area (TPSA) is 55.1 Å². The Labute approximate surface area is 84.8 Å². The standard InChI is InChI=1S/C9H20N2OS/c1-3-5-6-13-7-8(9(10)12)11-4-2/h8,11H,3-7H2,1-2H3,(H2,10,12). The number of hydrogen-bond donors (Lipinski definition) is 2. The van der Waals surface area contributed by atoms with E-state index in [2.05, 4.69) is 12.2 Å². The average molecular weight is 204 g/mol. The third-order valence-electron chi connectivity index (χ3n) is 1.72. The van der Waals surface area contributed by atoms with E-state index in [0.29, 0.717) is 0 Å². The van der Waals surface area contributed by atoms with E-state index in [1.165, 1.54) is 12.8 Å². The molecule has 0 fully saturated rings. The molecule has 78 valence electrons. The predicted octanol–water partition coefficient (Wildman–Crippen LogP) is 0.983. The first-order valence-electron chi connectivity index (χ1n) is 4.82. The van der Waals surface area contributed by atoms with E-state index in [4.69, 9.17) is 5.73 Å². The fourth-order valence-electron chi connectivity index (χ4n) is 0.936. The van der Waals surface area contributed by atoms with Crippen LogP contribution in [0.15, 0.2) is 0 Å². The number of nitrogens with two attached hydrogens (primary N) is 1. The van der Waals surface area contributed by atoms with Crippen molar-refractivity contribution in [1.29, 1.82) is 0 Å². The maximum Gasteiger partial charge on any atom is 0.235 e. The van der Waals surface area contributed by atoms with Gasteiger partial charge in [0.1, 0.15) is 0 Å². The third kappa shape index (κ3) is 6.90. The summed E-state index contributed by atoms with van der Waals surface area (Å²) < 4.78 is 0. The fraction of sp³-hybridized carbons (Fsp3) is 0.889. The van der Waals surface area contributed by atoms with Crippen LogP contribution in [-0.2, 0) is 4.79 Å². The number of hydrogen-bond acceptors (Lipinski definition) is 3. The normalized spacial score (nSPS) is 12.8. The first-order valence-corrected chi connectivity index (χ1v) is 5.98. The molecule has 0 aromatic carbocycles. The van der Waals surface area contributed by atoms with Crippen molar-refractivity contribution < 1.29 is 4.79 Å². The van der Waals surface area contributed by atoms with Gasteiger partial charge in [-0.15, -0.1) is 0 Å². The minimum absolute atomic E-state index is 0.160. The summed E-state index contributed by atoms with van der Waals surface area (Å²) in [5, 5.41) is 3.06. The van der Waals surface area contributed by atoms with Crippen molar-refractivity contribution in [2.75, 3.05) is 18.1 Å². The van der Waals surface area contributed by atoms with Crippen LogP contribution in [0.2, 0.25) is 0 Å². The van der Waals surface area contributed by atoms with E-state index in [1.54, 1.807) is 11.8 Å². The maximum absolute atomic E-state index is 10.9. The lowest BCUT2D eigenvalue weighted by molar-refractivity contribution is -0.119. The van der Waals surface area contributed by atoms with Gasteiger partial charge in [-0.2, -0.15) is 11.8 Å². The van der Waals surface area contributed by atoms with E-state index in [9.17, 15) is 4.79 Å². The van der Waals surface area contributed by atoms with Crippen molar-refractivity contribution in [3.8, 4) is 0 Å². The van der Waals surface area contributed by atoms with Crippen LogP contribution in [0.3, 0.4) is 0 Å². The van der Waals surface area contributed by atoms with Crippen molar-refractivity contribution in [2.24, 2.45) is 5.73 Å². The summed E-state index contributed by atoms with van der Waals surface area (Å²) in [6.45, 7) is 4.94. The van der Waals surface area contributed by atoms with Gasteiger partial charge in [0.25, 0.3) is 0 Å². The lowest BCUT2D eigenvalue weighted by atomic mass is 10.3. The molecule has 0 spiro atoms. The van der Waals surface area contributed by atoms with Crippen LogP contribution < -0.4 is 11.1 Å². The van der Waals surface area contributed by atoms with Gasteiger partial charge in [0, 0.05) is 5.75 Å². The Morgan fingerprint density at radius 3 is 2.69 bits per heavy atom. The third-order valence-corrected chi connectivity index (χ3v) is 2.87. The summed E-state index contributed by atoms with van der Waals surface area (Å²) in [6.07, 6.45) is 2.41. The van der Waals surface area contributed by atoms with Crippen molar-refractivity contribution in [3.63, 3.8) is 0 Å². The van der Waals surface area contributed by atoms with Crippen molar-refractivity contribution >= 4 is 17.7 Å². The molecule has 1 unspecified atom stereocenters. The molecule has 1 amide bonds. The maximum atomic E-state index is 10.9. The van der Waals surface area contributed by atoms with E-state index in [1.807, 2.05) is 6.92 Å². The van der Waals surface area contributed by atoms with Gasteiger partial charge in [0.15, 0.2) is 0 Å². The highest BCUT2D eigenvalue weighted by Gasteiger charge is 2.12. The largest absolute Gasteiger partial charge is 0.368 e. The summed E-state index contributed by atoms with van der Waals surface area (Å²) in [5.41, 5.74) is 5.22. The molecule has 13 heavy (non-hydrogen) atoms. The molecule has 0 saturated carbocycles. The highest BCUT2D eigenvalue weighted by atomic mass is 32.2. The molecule has 0 rings (SSSR count). The lowest BCUT2D eigenvalue weighted by Gasteiger charge is -2.13. The second-order valence-electron chi connectivity index (χ2n) is 2.94. The predicted molar refractivity (Wildman–Crippen MR) is 58.9 cm³/mol. The Morgan fingerprint density at radius 2 is 2.23 bits per heavy atom. The molecule has 0 bridgehead atoms. The van der Waals surface area contributed by atoms with E-state index in [0.717, 1.165) is 18.1 Å². The second kappa shape index (κ2) is 8.38. The zero-order valence-corrected chi connectivity index (χ0v) is 9.32. The molecular formula is C9H20N2OS. The number of thioether (sulfide) groups is 1. The molecule has 3 nitrogen and oxygen atoms in total. The molecule has 0 aromatic rings. The number of unbranched alkanes of at least 4 members (excludes halogenated alkanes) is 1. The van der Waals surface area contributed by atoms with Gasteiger partial charge in [-0.1, -0.05) is 20.3 Å². The van der Waals surface area contributed by atoms with Crippen molar-refractivity contribution in [2.45, 2.75) is 32.7 Å². The van der Waals surface area contributed by atoms with Gasteiger partial charge in [-0.25, -0.2) is 0 Å². The summed E-state index contributed by atoms with van der Waals surface area (Å²) >= 11 is 1.79. The Balaban J connectivity index is 3.51. The van der Waals surface area contributed by atoms with Gasteiger partial charge < -0.3 is 11.1 Å². The van der Waals surface area contributed by atoms with Gasteiger partial charge in [-0.05, 0) is 18.7 Å². The monoisotopic (exact) mass is 204 g/mol. The Kier molecular flexibility index (Phi) is 8.24. The number of primary amides is 1. The van der Waals surface area contributed by atoms with Crippen molar-refractivity contribution in [1.82, 2.24) is 5.32 Å². The zero-order valence-electron chi connectivity index (χ0n) is 8.51. The van der Waals surface area contributed by atoms with Crippen LogP contribution in [0.1, 0.15) is 26.7 Å². The first kappa shape index (κ1) is 12.8. The molecule has 0 aliphatic heterocycles. The van der Waals surface area contributed by atoms with Gasteiger partial charge in [0.2, 0.25) is 5.91 Å². The quantitative estimate of drug-likeness (QED) is 0.580. The highest BCUT2D eigenvalue weighted by Crippen LogP contribution is 2.06. The van der Waals surface area contributed by atoms with Gasteiger partial charge >= 0.3 is 0 Å². The number of nitrogens with one attached hydrogen (secondary N) is 1. The smallest absolute Gasteiger partial charge is 0.235 e. The number of carbonyl (C=O) groups excluding carboxylic acids is 1. The summed E-state index contributed by atoms with van der Waals surface area (Å²) in [4.78, 5) is 10.9. The fourth-order valence-corrected chi connectivity index (χ4v) is 2.11. The summed E-state index contributed by atoms with van der Waals surface area (Å²) in [7, 11) is 0. The molecule has 0 heterocycles. The molecule has 4 heteroatoms. The number of amides is 1. The lowest BCUT2D eigenvalue weighted by Crippen LogP contribution is -2.43. The van der Waals surface area contributed by atoms with E-state index < -0.39 is 0 Å². The average Bonchev–Trinajstić information content (AvgIpc) is 2.10. The molecule has 3 N–H and O–H groups in total. The van der Waals surface area contributed by atoms with Crippen LogP contribution in [0, 0.1) is 0 Å². The van der Waals surface area contributed by atoms with Crippen LogP contribution in [0.4, 0.5) is 0 Å². The summed E-state index contributed by atoms with van der Waals surface area (Å²) in [5.74, 6) is 1.67. The Hall–Kier alpha value is -0.220. The minimum atomic E-state index is -0.245. The molecule has 0 aliphatic carbocycles. The molecule has 0 aromatic heterocycles. The first-order chi connectivity index (χ1) is 6.22. The minimum Gasteiger partial charge on any atom is -0.368 e. The van der Waals surface area contributed by atoms with Gasteiger partial charge in [0.05, 0.1) is 6.04 Å². The Bertz CT molecular complexity index is 142. The van der Waals surface area contributed by atoms with Crippen LogP contribution in [0.25, 0.3) is 0 Å². The number of rotatable bonds is 8.